The molecule has 4 heterocycles. The van der Waals surface area contributed by atoms with Gasteiger partial charge >= 0.3 is 0 Å². The fourth-order valence-corrected chi connectivity index (χ4v) is 3.28. The van der Waals surface area contributed by atoms with Gasteiger partial charge in [-0.3, -0.25) is 14.7 Å². The van der Waals surface area contributed by atoms with E-state index in [1.165, 1.54) is 5.57 Å². The van der Waals surface area contributed by atoms with E-state index in [9.17, 15) is 4.79 Å². The van der Waals surface area contributed by atoms with Crippen LogP contribution in [0.15, 0.2) is 41.2 Å². The van der Waals surface area contributed by atoms with E-state index in [1.807, 2.05) is 18.4 Å². The van der Waals surface area contributed by atoms with Crippen LogP contribution in [0.2, 0.25) is 0 Å². The Hall–Kier alpha value is -2.47. The van der Waals surface area contributed by atoms with Gasteiger partial charge in [-0.1, -0.05) is 0 Å². The summed E-state index contributed by atoms with van der Waals surface area (Å²) < 4.78 is 5.41. The minimum absolute atomic E-state index is 0.0367. The highest BCUT2D eigenvalue weighted by atomic mass is 16.5. The predicted molar refractivity (Wildman–Crippen MR) is 90.3 cm³/mol. The number of aromatic nitrogens is 3. The number of pyridine rings is 1. The Kier molecular flexibility index (Phi) is 4.13. The summed E-state index contributed by atoms with van der Waals surface area (Å²) in [6.07, 6.45) is 8.25. The van der Waals surface area contributed by atoms with E-state index in [4.69, 9.17) is 4.74 Å². The summed E-state index contributed by atoms with van der Waals surface area (Å²) in [7, 11) is 0. The zero-order valence-corrected chi connectivity index (χ0v) is 13.5. The van der Waals surface area contributed by atoms with Gasteiger partial charge in [0.05, 0.1) is 24.1 Å². The van der Waals surface area contributed by atoms with Crippen molar-refractivity contribution < 1.29 is 4.74 Å². The average molecular weight is 324 g/mol. The van der Waals surface area contributed by atoms with E-state index in [1.54, 1.807) is 12.4 Å². The van der Waals surface area contributed by atoms with Crippen LogP contribution >= 0.6 is 0 Å². The highest BCUT2D eigenvalue weighted by molar-refractivity contribution is 5.54. The molecule has 0 unspecified atom stereocenters. The van der Waals surface area contributed by atoms with Crippen molar-refractivity contribution in [1.82, 2.24) is 19.9 Å². The first-order valence-corrected chi connectivity index (χ1v) is 8.34. The van der Waals surface area contributed by atoms with Crippen LogP contribution in [0.1, 0.15) is 24.1 Å². The molecule has 2 aromatic rings. The monoisotopic (exact) mass is 324 g/mol. The van der Waals surface area contributed by atoms with Crippen LogP contribution in [0.3, 0.4) is 0 Å². The lowest BCUT2D eigenvalue weighted by Gasteiger charge is -2.29. The molecule has 1 N–H and O–H groups in total. The predicted octanol–water partition coefficient (Wildman–Crippen LogP) is 1.88. The third kappa shape index (κ3) is 3.10. The van der Waals surface area contributed by atoms with E-state index in [2.05, 4.69) is 19.9 Å². The third-order valence-corrected chi connectivity index (χ3v) is 4.54. The molecule has 0 amide bonds. The van der Waals surface area contributed by atoms with Gasteiger partial charge in [-0.2, -0.15) is 0 Å². The quantitative estimate of drug-likeness (QED) is 0.933. The SMILES string of the molecule is O=c1[nH]c(-c2ccncc2)nc2c1CN(CC1=COCCC1)CC2. The number of rotatable bonds is 3. The van der Waals surface area contributed by atoms with Crippen LogP contribution in [0, 0.1) is 0 Å². The van der Waals surface area contributed by atoms with Gasteiger partial charge < -0.3 is 9.72 Å². The van der Waals surface area contributed by atoms with Crippen molar-refractivity contribution in [3.05, 3.63) is 58.0 Å². The summed E-state index contributed by atoms with van der Waals surface area (Å²) in [5.74, 6) is 0.623. The van der Waals surface area contributed by atoms with Gasteiger partial charge in [0.15, 0.2) is 0 Å². The first-order chi connectivity index (χ1) is 11.8. The van der Waals surface area contributed by atoms with E-state index in [0.29, 0.717) is 12.4 Å². The van der Waals surface area contributed by atoms with Crippen molar-refractivity contribution in [2.75, 3.05) is 19.7 Å². The topological polar surface area (TPSA) is 71.1 Å². The number of ether oxygens (including phenoxy) is 1. The zero-order chi connectivity index (χ0) is 16.4. The van der Waals surface area contributed by atoms with E-state index < -0.39 is 0 Å². The molecule has 2 aliphatic heterocycles. The molecule has 2 aromatic heterocycles. The average Bonchev–Trinajstić information content (AvgIpc) is 2.64. The van der Waals surface area contributed by atoms with Crippen LogP contribution in [0.4, 0.5) is 0 Å². The molecular weight excluding hydrogens is 304 g/mol. The maximum atomic E-state index is 12.5. The van der Waals surface area contributed by atoms with Gasteiger partial charge in [-0.15, -0.1) is 0 Å². The molecular formula is C18H20N4O2. The Morgan fingerprint density at radius 1 is 1.25 bits per heavy atom. The van der Waals surface area contributed by atoms with Gasteiger partial charge in [-0.25, -0.2) is 4.98 Å². The van der Waals surface area contributed by atoms with Crippen molar-refractivity contribution in [1.29, 1.82) is 0 Å². The number of aromatic amines is 1. The third-order valence-electron chi connectivity index (χ3n) is 4.54. The van der Waals surface area contributed by atoms with Gasteiger partial charge in [0.1, 0.15) is 5.82 Å². The van der Waals surface area contributed by atoms with Gasteiger partial charge in [0.2, 0.25) is 0 Å². The van der Waals surface area contributed by atoms with Crippen molar-refractivity contribution in [2.45, 2.75) is 25.8 Å². The molecule has 0 aliphatic carbocycles. The largest absolute Gasteiger partial charge is 0.501 e. The smallest absolute Gasteiger partial charge is 0.255 e. The van der Waals surface area contributed by atoms with Crippen LogP contribution in [0.5, 0.6) is 0 Å². The van der Waals surface area contributed by atoms with Gasteiger partial charge in [0.25, 0.3) is 5.56 Å². The molecule has 0 aromatic carbocycles. The lowest BCUT2D eigenvalue weighted by atomic mass is 10.0. The molecule has 6 nitrogen and oxygen atoms in total. The highest BCUT2D eigenvalue weighted by Crippen LogP contribution is 2.20. The number of hydrogen-bond acceptors (Lipinski definition) is 5. The number of hydrogen-bond donors (Lipinski definition) is 1. The Morgan fingerprint density at radius 3 is 2.92 bits per heavy atom. The van der Waals surface area contributed by atoms with Crippen molar-refractivity contribution in [2.24, 2.45) is 0 Å². The number of fused-ring (bicyclic) bond motifs is 1. The maximum Gasteiger partial charge on any atom is 0.255 e. The normalized spacial score (nSPS) is 17.8. The number of nitrogens with zero attached hydrogens (tertiary/aromatic N) is 3. The number of nitrogens with one attached hydrogen (secondary N) is 1. The lowest BCUT2D eigenvalue weighted by molar-refractivity contribution is 0.208. The van der Waals surface area contributed by atoms with Crippen molar-refractivity contribution in [3.8, 4) is 11.4 Å². The van der Waals surface area contributed by atoms with Crippen LogP contribution < -0.4 is 5.56 Å². The summed E-state index contributed by atoms with van der Waals surface area (Å²) >= 11 is 0. The first-order valence-electron chi connectivity index (χ1n) is 8.34. The van der Waals surface area contributed by atoms with Crippen LogP contribution in [-0.4, -0.2) is 39.5 Å². The zero-order valence-electron chi connectivity index (χ0n) is 13.5. The van der Waals surface area contributed by atoms with Crippen LogP contribution in [0.25, 0.3) is 11.4 Å². The minimum atomic E-state index is -0.0367. The van der Waals surface area contributed by atoms with Crippen molar-refractivity contribution in [3.63, 3.8) is 0 Å². The standard InChI is InChI=1S/C18H20N4O2/c23-18-15-11-22(10-13-2-1-9-24-12-13)8-5-16(15)20-17(21-18)14-3-6-19-7-4-14/h3-4,6-7,12H,1-2,5,8-11H2,(H,20,21,23). The molecule has 0 spiro atoms. The molecule has 4 rings (SSSR count). The molecule has 0 fully saturated rings. The second-order valence-corrected chi connectivity index (χ2v) is 6.29. The summed E-state index contributed by atoms with van der Waals surface area (Å²) in [4.78, 5) is 26.4. The van der Waals surface area contributed by atoms with E-state index in [-0.39, 0.29) is 5.56 Å². The molecule has 0 saturated carbocycles. The Morgan fingerprint density at radius 2 is 2.12 bits per heavy atom. The molecule has 124 valence electrons. The molecule has 0 radical (unpaired) electrons. The highest BCUT2D eigenvalue weighted by Gasteiger charge is 2.22. The van der Waals surface area contributed by atoms with E-state index in [0.717, 1.165) is 55.8 Å². The Bertz CT molecular complexity index is 814. The first kappa shape index (κ1) is 15.1. The van der Waals surface area contributed by atoms with E-state index >= 15 is 0 Å². The Balaban J connectivity index is 1.56. The number of H-pyrrole nitrogens is 1. The summed E-state index contributed by atoms with van der Waals surface area (Å²) in [6, 6.07) is 3.71. The second kappa shape index (κ2) is 6.57. The molecule has 2 aliphatic rings. The second-order valence-electron chi connectivity index (χ2n) is 6.29. The lowest BCUT2D eigenvalue weighted by Crippen LogP contribution is -2.37. The fraction of sp³-hybridized carbons (Fsp3) is 0.389. The summed E-state index contributed by atoms with van der Waals surface area (Å²) in [6.45, 7) is 3.24. The van der Waals surface area contributed by atoms with Crippen LogP contribution in [-0.2, 0) is 17.7 Å². The summed E-state index contributed by atoms with van der Waals surface area (Å²) in [5.41, 5.74) is 3.86. The van der Waals surface area contributed by atoms with Gasteiger partial charge in [0, 0.05) is 44.0 Å². The van der Waals surface area contributed by atoms with Crippen molar-refractivity contribution >= 4 is 0 Å². The Labute approximate surface area is 140 Å². The molecule has 0 atom stereocenters. The molecule has 24 heavy (non-hydrogen) atoms. The minimum Gasteiger partial charge on any atom is -0.501 e. The maximum absolute atomic E-state index is 12.5. The summed E-state index contributed by atoms with van der Waals surface area (Å²) in [5, 5.41) is 0. The fourth-order valence-electron chi connectivity index (χ4n) is 3.28. The molecule has 0 saturated heterocycles. The molecule has 6 heteroatoms. The molecule has 0 bridgehead atoms. The van der Waals surface area contributed by atoms with Gasteiger partial charge in [-0.05, 0) is 30.5 Å².